The van der Waals surface area contributed by atoms with Gasteiger partial charge in [0, 0.05) is 33.3 Å². The van der Waals surface area contributed by atoms with E-state index < -0.39 is 0 Å². The normalized spacial score (nSPS) is 11.0. The summed E-state index contributed by atoms with van der Waals surface area (Å²) >= 11 is 0. The number of hydrogen-bond donors (Lipinski definition) is 1. The van der Waals surface area contributed by atoms with Crippen LogP contribution in [0, 0.1) is 13.8 Å². The molecule has 0 bridgehead atoms. The zero-order chi connectivity index (χ0) is 17.4. The maximum absolute atomic E-state index is 13.4. The molecule has 0 fully saturated rings. The van der Waals surface area contributed by atoms with Crippen molar-refractivity contribution >= 4 is 10.8 Å². The lowest BCUT2D eigenvalue weighted by Gasteiger charge is -2.01. The lowest BCUT2D eigenvalue weighted by molar-refractivity contribution is 1.20. The molecule has 2 nitrogen and oxygen atoms in total. The molecular formula is C23H19NO. The number of rotatable bonds is 2. The molecule has 0 saturated carbocycles. The molecule has 1 aromatic heterocycles. The molecule has 0 unspecified atom stereocenters. The van der Waals surface area contributed by atoms with Crippen LogP contribution in [-0.4, -0.2) is 4.98 Å². The van der Waals surface area contributed by atoms with Crippen LogP contribution in [0.5, 0.6) is 0 Å². The fraction of sp³-hybridized carbons (Fsp3) is 0.0870. The van der Waals surface area contributed by atoms with Crippen molar-refractivity contribution in [3.8, 4) is 22.3 Å². The predicted molar refractivity (Wildman–Crippen MR) is 105 cm³/mol. The van der Waals surface area contributed by atoms with Crippen LogP contribution in [0.15, 0.2) is 77.6 Å². The molecule has 0 aliphatic heterocycles. The highest BCUT2D eigenvalue weighted by atomic mass is 16.1. The molecule has 122 valence electrons. The van der Waals surface area contributed by atoms with E-state index in [1.807, 2.05) is 72.8 Å². The first-order chi connectivity index (χ1) is 12.1. The summed E-state index contributed by atoms with van der Waals surface area (Å²) in [6.45, 7) is 4.10. The zero-order valence-corrected chi connectivity index (χ0v) is 14.3. The first-order valence-electron chi connectivity index (χ1n) is 8.43. The Morgan fingerprint density at radius 1 is 0.640 bits per heavy atom. The fourth-order valence-electron chi connectivity index (χ4n) is 3.42. The van der Waals surface area contributed by atoms with Crippen molar-refractivity contribution in [3.05, 3.63) is 94.4 Å². The second kappa shape index (κ2) is 6.06. The van der Waals surface area contributed by atoms with Crippen LogP contribution in [0.25, 0.3) is 33.0 Å². The molecule has 0 saturated heterocycles. The van der Waals surface area contributed by atoms with Crippen molar-refractivity contribution in [1.82, 2.24) is 4.98 Å². The van der Waals surface area contributed by atoms with Crippen LogP contribution in [0.2, 0.25) is 0 Å². The number of nitrogens with one attached hydrogen (secondary N) is 1. The predicted octanol–water partition coefficient (Wildman–Crippen LogP) is 5.48. The van der Waals surface area contributed by atoms with Crippen LogP contribution in [0.3, 0.4) is 0 Å². The Kier molecular flexibility index (Phi) is 3.73. The highest BCUT2D eigenvalue weighted by Crippen LogP contribution is 2.28. The molecule has 3 aromatic carbocycles. The number of fused-ring (bicyclic) bond motifs is 1. The van der Waals surface area contributed by atoms with Crippen molar-refractivity contribution < 1.29 is 0 Å². The Balaban J connectivity index is 2.17. The average molecular weight is 325 g/mol. The van der Waals surface area contributed by atoms with Gasteiger partial charge >= 0.3 is 0 Å². The fourth-order valence-corrected chi connectivity index (χ4v) is 3.42. The molecule has 1 N–H and O–H groups in total. The van der Waals surface area contributed by atoms with Gasteiger partial charge in [0.1, 0.15) is 0 Å². The number of aromatic amines is 1. The van der Waals surface area contributed by atoms with Gasteiger partial charge in [-0.15, -0.1) is 0 Å². The second-order valence-electron chi connectivity index (χ2n) is 6.38. The molecule has 0 amide bonds. The minimum absolute atomic E-state index is 0.0624. The minimum Gasteiger partial charge on any atom is -0.362 e. The summed E-state index contributed by atoms with van der Waals surface area (Å²) in [6, 6.07) is 23.8. The Bertz CT molecular complexity index is 1020. The largest absolute Gasteiger partial charge is 0.362 e. The summed E-state index contributed by atoms with van der Waals surface area (Å²) in [6.07, 6.45) is 0. The number of aromatic nitrogens is 1. The van der Waals surface area contributed by atoms with Crippen LogP contribution in [0.4, 0.5) is 0 Å². The van der Waals surface area contributed by atoms with Gasteiger partial charge in [0.15, 0.2) is 5.43 Å². The zero-order valence-electron chi connectivity index (χ0n) is 14.3. The molecule has 0 atom stereocenters. The number of hydrogen-bond acceptors (Lipinski definition) is 1. The highest BCUT2D eigenvalue weighted by Gasteiger charge is 2.13. The first kappa shape index (κ1) is 15.4. The molecule has 0 aliphatic carbocycles. The van der Waals surface area contributed by atoms with Crippen molar-refractivity contribution in [3.63, 3.8) is 0 Å². The molecule has 0 spiro atoms. The first-order valence-corrected chi connectivity index (χ1v) is 8.43. The summed E-state index contributed by atoms with van der Waals surface area (Å²) in [7, 11) is 0. The highest BCUT2D eigenvalue weighted by molar-refractivity contribution is 5.93. The summed E-state index contributed by atoms with van der Waals surface area (Å²) in [5.41, 5.74) is 5.58. The monoisotopic (exact) mass is 325 g/mol. The van der Waals surface area contributed by atoms with Gasteiger partial charge in [-0.1, -0.05) is 60.7 Å². The van der Waals surface area contributed by atoms with Gasteiger partial charge in [0.05, 0.1) is 0 Å². The third kappa shape index (κ3) is 2.66. The van der Waals surface area contributed by atoms with Gasteiger partial charge < -0.3 is 4.98 Å². The lowest BCUT2D eigenvalue weighted by Crippen LogP contribution is -2.04. The summed E-state index contributed by atoms with van der Waals surface area (Å²) in [5.74, 6) is 0. The van der Waals surface area contributed by atoms with E-state index in [2.05, 4.69) is 18.8 Å². The Labute approximate surface area is 146 Å². The molecule has 0 radical (unpaired) electrons. The van der Waals surface area contributed by atoms with Crippen LogP contribution in [-0.2, 0) is 0 Å². The molecule has 4 rings (SSSR count). The van der Waals surface area contributed by atoms with Gasteiger partial charge in [0.25, 0.3) is 0 Å². The maximum atomic E-state index is 13.4. The van der Waals surface area contributed by atoms with E-state index in [0.717, 1.165) is 44.4 Å². The standard InChI is InChI=1S/C23H19NO/c1-15-19-13-21(17-9-5-3-6-10-17)23(25)22(14-20(19)16(2)24-15)18-11-7-4-8-12-18/h3-14,24H,1-2H3. The molecule has 4 aromatic rings. The second-order valence-corrected chi connectivity index (χ2v) is 6.38. The summed E-state index contributed by atoms with van der Waals surface area (Å²) < 4.78 is 0. The minimum atomic E-state index is 0.0624. The van der Waals surface area contributed by atoms with Gasteiger partial charge in [-0.25, -0.2) is 0 Å². The number of H-pyrrole nitrogens is 1. The molecule has 25 heavy (non-hydrogen) atoms. The summed E-state index contributed by atoms with van der Waals surface area (Å²) in [4.78, 5) is 16.8. The maximum Gasteiger partial charge on any atom is 0.194 e. The Morgan fingerprint density at radius 3 is 1.44 bits per heavy atom. The molecule has 2 heteroatoms. The third-order valence-electron chi connectivity index (χ3n) is 4.71. The average Bonchev–Trinajstić information content (AvgIpc) is 2.81. The quantitative estimate of drug-likeness (QED) is 0.520. The van der Waals surface area contributed by atoms with E-state index in [4.69, 9.17) is 0 Å². The molecule has 1 heterocycles. The van der Waals surface area contributed by atoms with Gasteiger partial charge in [-0.2, -0.15) is 0 Å². The Hall–Kier alpha value is -3.13. The topological polar surface area (TPSA) is 32.9 Å². The van der Waals surface area contributed by atoms with Crippen molar-refractivity contribution in [2.24, 2.45) is 0 Å². The van der Waals surface area contributed by atoms with E-state index in [1.54, 1.807) is 0 Å². The number of aryl methyl sites for hydroxylation is 2. The number of benzene rings is 2. The van der Waals surface area contributed by atoms with Crippen LogP contribution in [0.1, 0.15) is 11.4 Å². The van der Waals surface area contributed by atoms with Crippen molar-refractivity contribution in [1.29, 1.82) is 0 Å². The van der Waals surface area contributed by atoms with E-state index in [-0.39, 0.29) is 5.43 Å². The van der Waals surface area contributed by atoms with Gasteiger partial charge in [0.2, 0.25) is 0 Å². The van der Waals surface area contributed by atoms with Crippen molar-refractivity contribution in [2.75, 3.05) is 0 Å². The Morgan fingerprint density at radius 2 is 1.04 bits per heavy atom. The SMILES string of the molecule is Cc1[nH]c(C)c2cc(-c3ccccc3)c(=O)c(-c3ccccc3)cc12. The third-order valence-corrected chi connectivity index (χ3v) is 4.71. The van der Waals surface area contributed by atoms with Gasteiger partial charge in [-0.3, -0.25) is 4.79 Å². The van der Waals surface area contributed by atoms with Crippen molar-refractivity contribution in [2.45, 2.75) is 13.8 Å². The van der Waals surface area contributed by atoms with Crippen LogP contribution < -0.4 is 5.43 Å². The van der Waals surface area contributed by atoms with Gasteiger partial charge in [-0.05, 0) is 37.1 Å². The molecule has 0 aliphatic rings. The van der Waals surface area contributed by atoms with E-state index in [0.29, 0.717) is 0 Å². The smallest absolute Gasteiger partial charge is 0.194 e. The molecular weight excluding hydrogens is 306 g/mol. The summed E-state index contributed by atoms with van der Waals surface area (Å²) in [5, 5.41) is 2.19. The van der Waals surface area contributed by atoms with E-state index in [9.17, 15) is 4.79 Å². The van der Waals surface area contributed by atoms with Crippen LogP contribution >= 0.6 is 0 Å². The lowest BCUT2D eigenvalue weighted by atomic mass is 10.0. The van der Waals surface area contributed by atoms with E-state index >= 15 is 0 Å². The van der Waals surface area contributed by atoms with E-state index in [1.165, 1.54) is 0 Å².